The lowest BCUT2D eigenvalue weighted by atomic mass is 10.2. The molecule has 0 aliphatic carbocycles. The molecule has 0 aliphatic rings. The fourth-order valence-corrected chi connectivity index (χ4v) is 3.17. The molecule has 4 rings (SSSR count). The second-order valence-electron chi connectivity index (χ2n) is 5.17. The molecule has 0 radical (unpaired) electrons. The van der Waals surface area contributed by atoms with E-state index in [1.807, 2.05) is 18.2 Å². The van der Waals surface area contributed by atoms with Crippen molar-refractivity contribution in [2.75, 3.05) is 0 Å². The molecule has 8 nitrogen and oxygen atoms in total. The number of aromatic nitrogens is 6. The van der Waals surface area contributed by atoms with Gasteiger partial charge in [-0.05, 0) is 46.8 Å². The molecular formula is C16H11ClN6O2S. The Balaban J connectivity index is 1.50. The first-order valence-corrected chi connectivity index (χ1v) is 8.85. The van der Waals surface area contributed by atoms with Crippen LogP contribution >= 0.6 is 23.4 Å². The smallest absolute Gasteiger partial charge is 0.237 e. The van der Waals surface area contributed by atoms with Gasteiger partial charge in [0.2, 0.25) is 16.9 Å². The van der Waals surface area contributed by atoms with Crippen molar-refractivity contribution in [1.29, 1.82) is 0 Å². The van der Waals surface area contributed by atoms with Gasteiger partial charge in [0.15, 0.2) is 0 Å². The summed E-state index contributed by atoms with van der Waals surface area (Å²) >= 11 is 7.51. The molecule has 130 valence electrons. The van der Waals surface area contributed by atoms with Crippen LogP contribution in [-0.4, -0.2) is 35.5 Å². The van der Waals surface area contributed by atoms with Crippen molar-refractivity contribution in [3.63, 3.8) is 0 Å². The fraction of sp³-hybridized carbons (Fsp3) is 0.0625. The normalized spacial score (nSPS) is 11.0. The Morgan fingerprint density at radius 2 is 1.92 bits per heavy atom. The van der Waals surface area contributed by atoms with Gasteiger partial charge in [0.05, 0.1) is 16.5 Å². The average molecular weight is 387 g/mol. The van der Waals surface area contributed by atoms with Gasteiger partial charge in [0.25, 0.3) is 0 Å². The van der Waals surface area contributed by atoms with Crippen LogP contribution in [-0.2, 0) is 5.75 Å². The number of halogens is 1. The van der Waals surface area contributed by atoms with Crippen LogP contribution in [0, 0.1) is 0 Å². The molecule has 0 saturated heterocycles. The van der Waals surface area contributed by atoms with Crippen LogP contribution < -0.4 is 0 Å². The van der Waals surface area contributed by atoms with Crippen molar-refractivity contribution in [3.8, 4) is 22.8 Å². The molecule has 0 amide bonds. The lowest BCUT2D eigenvalue weighted by Gasteiger charge is -2.03. The van der Waals surface area contributed by atoms with E-state index in [9.17, 15) is 5.11 Å². The van der Waals surface area contributed by atoms with Crippen molar-refractivity contribution in [2.45, 2.75) is 10.9 Å². The zero-order chi connectivity index (χ0) is 17.9. The number of phenolic OH excluding ortho intramolecular Hbond substituents is 1. The SMILES string of the molecule is Oc1ccc(-n2nnnc2SCc2nc(-c3ccccc3Cl)no2)cc1. The van der Waals surface area contributed by atoms with Crippen molar-refractivity contribution >= 4 is 23.4 Å². The van der Waals surface area contributed by atoms with Gasteiger partial charge >= 0.3 is 0 Å². The van der Waals surface area contributed by atoms with Crippen LogP contribution in [0.1, 0.15) is 5.89 Å². The molecule has 4 aromatic rings. The molecule has 0 spiro atoms. The van der Waals surface area contributed by atoms with E-state index in [0.29, 0.717) is 33.2 Å². The number of tetrazole rings is 1. The Bertz CT molecular complexity index is 1030. The molecule has 1 N–H and O–H groups in total. The first-order valence-electron chi connectivity index (χ1n) is 7.49. The monoisotopic (exact) mass is 386 g/mol. The van der Waals surface area contributed by atoms with Crippen molar-refractivity contribution in [1.82, 2.24) is 30.3 Å². The van der Waals surface area contributed by atoms with E-state index in [-0.39, 0.29) is 5.75 Å². The maximum atomic E-state index is 9.39. The largest absolute Gasteiger partial charge is 0.508 e. The predicted octanol–water partition coefficient (Wildman–Crippen LogP) is 3.36. The molecule has 0 fully saturated rings. The van der Waals surface area contributed by atoms with E-state index >= 15 is 0 Å². The van der Waals surface area contributed by atoms with Gasteiger partial charge in [0, 0.05) is 5.56 Å². The summed E-state index contributed by atoms with van der Waals surface area (Å²) in [5.41, 5.74) is 1.45. The van der Waals surface area contributed by atoms with Gasteiger partial charge in [-0.2, -0.15) is 9.67 Å². The average Bonchev–Trinajstić information content (AvgIpc) is 3.30. The zero-order valence-electron chi connectivity index (χ0n) is 13.2. The Morgan fingerprint density at radius 1 is 1.12 bits per heavy atom. The lowest BCUT2D eigenvalue weighted by Crippen LogP contribution is -1.98. The number of nitrogens with zero attached hydrogens (tertiary/aromatic N) is 6. The standard InChI is InChI=1S/C16H11ClN6O2S/c17-13-4-2-1-3-12(13)15-18-14(25-20-15)9-26-16-19-21-22-23(16)10-5-7-11(24)8-6-10/h1-8,24H,9H2. The maximum absolute atomic E-state index is 9.39. The van der Waals surface area contributed by atoms with Crippen molar-refractivity contribution in [3.05, 3.63) is 59.4 Å². The highest BCUT2D eigenvalue weighted by molar-refractivity contribution is 7.98. The van der Waals surface area contributed by atoms with Crippen LogP contribution in [0.25, 0.3) is 17.1 Å². The minimum Gasteiger partial charge on any atom is -0.508 e. The third kappa shape index (κ3) is 3.39. The quantitative estimate of drug-likeness (QED) is 0.521. The Morgan fingerprint density at radius 3 is 2.73 bits per heavy atom. The highest BCUT2D eigenvalue weighted by Crippen LogP contribution is 2.27. The number of hydrogen-bond donors (Lipinski definition) is 1. The third-order valence-electron chi connectivity index (χ3n) is 3.44. The molecule has 2 aromatic carbocycles. The molecule has 10 heteroatoms. The highest BCUT2D eigenvalue weighted by atomic mass is 35.5. The summed E-state index contributed by atoms with van der Waals surface area (Å²) in [7, 11) is 0. The third-order valence-corrected chi connectivity index (χ3v) is 4.68. The number of benzene rings is 2. The van der Waals surface area contributed by atoms with Crippen LogP contribution in [0.15, 0.2) is 58.2 Å². The van der Waals surface area contributed by atoms with E-state index in [1.165, 1.54) is 11.8 Å². The molecule has 2 aromatic heterocycles. The van der Waals surface area contributed by atoms with Crippen LogP contribution in [0.3, 0.4) is 0 Å². The summed E-state index contributed by atoms with van der Waals surface area (Å²) in [6, 6.07) is 13.9. The summed E-state index contributed by atoms with van der Waals surface area (Å²) in [4.78, 5) is 4.36. The summed E-state index contributed by atoms with van der Waals surface area (Å²) < 4.78 is 6.85. The van der Waals surface area contributed by atoms with E-state index in [2.05, 4.69) is 25.7 Å². The molecule has 0 aliphatic heterocycles. The molecule has 0 unspecified atom stereocenters. The minimum absolute atomic E-state index is 0.175. The molecule has 26 heavy (non-hydrogen) atoms. The number of aromatic hydroxyl groups is 1. The van der Waals surface area contributed by atoms with Gasteiger partial charge < -0.3 is 9.63 Å². The maximum Gasteiger partial charge on any atom is 0.237 e. The van der Waals surface area contributed by atoms with Gasteiger partial charge in [-0.25, -0.2) is 0 Å². The summed E-state index contributed by atoms with van der Waals surface area (Å²) in [6.45, 7) is 0. The molecule has 0 saturated carbocycles. The summed E-state index contributed by atoms with van der Waals surface area (Å²) in [5, 5.41) is 26.1. The van der Waals surface area contributed by atoms with E-state index in [1.54, 1.807) is 35.0 Å². The second-order valence-corrected chi connectivity index (χ2v) is 6.52. The van der Waals surface area contributed by atoms with Crippen molar-refractivity contribution < 1.29 is 9.63 Å². The lowest BCUT2D eigenvalue weighted by molar-refractivity contribution is 0.391. The van der Waals surface area contributed by atoms with E-state index in [0.717, 1.165) is 5.69 Å². The summed E-state index contributed by atoms with van der Waals surface area (Å²) in [6.07, 6.45) is 0. The first-order chi connectivity index (χ1) is 12.7. The summed E-state index contributed by atoms with van der Waals surface area (Å²) in [5.74, 6) is 1.44. The number of rotatable bonds is 5. The first kappa shape index (κ1) is 16.6. The topological polar surface area (TPSA) is 103 Å². The molecule has 0 bridgehead atoms. The Labute approximate surface area is 156 Å². The highest BCUT2D eigenvalue weighted by Gasteiger charge is 2.14. The van der Waals surface area contributed by atoms with Crippen LogP contribution in [0.5, 0.6) is 5.75 Å². The zero-order valence-corrected chi connectivity index (χ0v) is 14.7. The minimum atomic E-state index is 0.175. The van der Waals surface area contributed by atoms with Crippen LogP contribution in [0.2, 0.25) is 5.02 Å². The van der Waals surface area contributed by atoms with E-state index in [4.69, 9.17) is 16.1 Å². The van der Waals surface area contributed by atoms with E-state index < -0.39 is 0 Å². The van der Waals surface area contributed by atoms with Crippen molar-refractivity contribution in [2.24, 2.45) is 0 Å². The molecular weight excluding hydrogens is 376 g/mol. The van der Waals surface area contributed by atoms with Gasteiger partial charge in [-0.15, -0.1) is 5.10 Å². The van der Waals surface area contributed by atoms with Gasteiger partial charge in [0.1, 0.15) is 5.75 Å². The molecule has 0 atom stereocenters. The Hall–Kier alpha value is -2.91. The number of phenols is 1. The number of thioether (sulfide) groups is 1. The number of hydrogen-bond acceptors (Lipinski definition) is 8. The fourth-order valence-electron chi connectivity index (χ4n) is 2.22. The van der Waals surface area contributed by atoms with Crippen LogP contribution in [0.4, 0.5) is 0 Å². The molecule has 2 heterocycles. The predicted molar refractivity (Wildman–Crippen MR) is 95.1 cm³/mol. The Kier molecular flexibility index (Phi) is 4.55. The van der Waals surface area contributed by atoms with Gasteiger partial charge in [-0.1, -0.05) is 40.7 Å². The second kappa shape index (κ2) is 7.14. The van der Waals surface area contributed by atoms with Gasteiger partial charge in [-0.3, -0.25) is 0 Å².